The standard InChI is InChI=1S/C23H26N2O2/c1-2-16-7-9-17(10-8-16)22(26)24-20-11-12-21-19(15-20)13-14-25(21)23(27)18-5-3-4-6-18/h7-12,15,18H,2-6,13-14H2,1H3,(H,24,26). The monoisotopic (exact) mass is 362 g/mol. The minimum absolute atomic E-state index is 0.102. The van der Waals surface area contributed by atoms with Gasteiger partial charge in [0.2, 0.25) is 5.91 Å². The van der Waals surface area contributed by atoms with Crippen LogP contribution in [-0.4, -0.2) is 18.4 Å². The predicted octanol–water partition coefficient (Wildman–Crippen LogP) is 4.58. The first kappa shape index (κ1) is 17.8. The normalized spacial score (nSPS) is 16.4. The molecule has 0 aromatic heterocycles. The van der Waals surface area contributed by atoms with Crippen LogP contribution in [0.4, 0.5) is 11.4 Å². The lowest BCUT2D eigenvalue weighted by atomic mass is 10.1. The summed E-state index contributed by atoms with van der Waals surface area (Å²) in [5.74, 6) is 0.370. The summed E-state index contributed by atoms with van der Waals surface area (Å²) in [4.78, 5) is 27.2. The zero-order chi connectivity index (χ0) is 18.8. The van der Waals surface area contributed by atoms with E-state index < -0.39 is 0 Å². The van der Waals surface area contributed by atoms with Gasteiger partial charge in [0.1, 0.15) is 0 Å². The highest BCUT2D eigenvalue weighted by molar-refractivity contribution is 6.04. The third kappa shape index (κ3) is 3.61. The summed E-state index contributed by atoms with van der Waals surface area (Å²) in [5.41, 5.74) is 4.81. The van der Waals surface area contributed by atoms with E-state index in [1.54, 1.807) is 0 Å². The number of nitrogens with zero attached hydrogens (tertiary/aromatic N) is 1. The molecule has 2 aromatic rings. The average molecular weight is 362 g/mol. The van der Waals surface area contributed by atoms with E-state index in [0.29, 0.717) is 5.56 Å². The Morgan fingerprint density at radius 3 is 2.52 bits per heavy atom. The number of aryl methyl sites for hydroxylation is 1. The van der Waals surface area contributed by atoms with E-state index in [0.717, 1.165) is 49.2 Å². The van der Waals surface area contributed by atoms with Crippen LogP contribution in [0, 0.1) is 5.92 Å². The van der Waals surface area contributed by atoms with Crippen LogP contribution >= 0.6 is 0 Å². The Morgan fingerprint density at radius 2 is 1.81 bits per heavy atom. The minimum Gasteiger partial charge on any atom is -0.322 e. The molecule has 1 saturated carbocycles. The number of anilines is 2. The molecule has 0 saturated heterocycles. The summed E-state index contributed by atoms with van der Waals surface area (Å²) in [7, 11) is 0. The van der Waals surface area contributed by atoms with Gasteiger partial charge in [0.25, 0.3) is 5.91 Å². The van der Waals surface area contributed by atoms with Crippen molar-refractivity contribution in [2.24, 2.45) is 5.92 Å². The zero-order valence-corrected chi connectivity index (χ0v) is 15.8. The molecule has 1 N–H and O–H groups in total. The van der Waals surface area contributed by atoms with Crippen molar-refractivity contribution in [3.05, 3.63) is 59.2 Å². The second-order valence-corrected chi connectivity index (χ2v) is 7.57. The largest absolute Gasteiger partial charge is 0.322 e. The molecule has 2 aromatic carbocycles. The Hall–Kier alpha value is -2.62. The first-order valence-corrected chi connectivity index (χ1v) is 10.0. The Kier molecular flexibility index (Phi) is 4.97. The first-order chi connectivity index (χ1) is 13.2. The fraction of sp³-hybridized carbons (Fsp3) is 0.391. The quantitative estimate of drug-likeness (QED) is 0.865. The van der Waals surface area contributed by atoms with Crippen LogP contribution in [-0.2, 0) is 17.6 Å². The van der Waals surface area contributed by atoms with E-state index in [1.165, 1.54) is 18.4 Å². The predicted molar refractivity (Wildman–Crippen MR) is 108 cm³/mol. The van der Waals surface area contributed by atoms with Gasteiger partial charge in [-0.1, -0.05) is 31.9 Å². The van der Waals surface area contributed by atoms with Gasteiger partial charge in [-0.05, 0) is 67.1 Å². The van der Waals surface area contributed by atoms with Crippen LogP contribution in [0.15, 0.2) is 42.5 Å². The number of benzene rings is 2. The highest BCUT2D eigenvalue weighted by Gasteiger charge is 2.31. The number of carbonyl (C=O) groups excluding carboxylic acids is 2. The van der Waals surface area contributed by atoms with Crippen LogP contribution in [0.25, 0.3) is 0 Å². The molecule has 0 unspecified atom stereocenters. The summed E-state index contributed by atoms with van der Waals surface area (Å²) >= 11 is 0. The molecule has 2 amide bonds. The van der Waals surface area contributed by atoms with Gasteiger partial charge >= 0.3 is 0 Å². The van der Waals surface area contributed by atoms with E-state index in [2.05, 4.69) is 12.2 Å². The fourth-order valence-electron chi connectivity index (χ4n) is 4.20. The molecular weight excluding hydrogens is 336 g/mol. The van der Waals surface area contributed by atoms with Crippen molar-refractivity contribution in [2.45, 2.75) is 45.4 Å². The van der Waals surface area contributed by atoms with Crippen LogP contribution in [0.3, 0.4) is 0 Å². The van der Waals surface area contributed by atoms with E-state index in [4.69, 9.17) is 0 Å². The fourth-order valence-corrected chi connectivity index (χ4v) is 4.20. The molecular formula is C23H26N2O2. The summed E-state index contributed by atoms with van der Waals surface area (Å²) < 4.78 is 0. The highest BCUT2D eigenvalue weighted by atomic mass is 16.2. The van der Waals surface area contributed by atoms with E-state index >= 15 is 0 Å². The second-order valence-electron chi connectivity index (χ2n) is 7.57. The van der Waals surface area contributed by atoms with Crippen LogP contribution in [0.1, 0.15) is 54.1 Å². The van der Waals surface area contributed by atoms with Gasteiger partial charge < -0.3 is 10.2 Å². The van der Waals surface area contributed by atoms with Crippen molar-refractivity contribution in [1.82, 2.24) is 0 Å². The number of hydrogen-bond donors (Lipinski definition) is 1. The smallest absolute Gasteiger partial charge is 0.255 e. The number of nitrogens with one attached hydrogen (secondary N) is 1. The lowest BCUT2D eigenvalue weighted by Gasteiger charge is -2.21. The molecule has 4 heteroatoms. The van der Waals surface area contributed by atoms with Crippen molar-refractivity contribution in [3.8, 4) is 0 Å². The van der Waals surface area contributed by atoms with E-state index in [-0.39, 0.29) is 17.7 Å². The van der Waals surface area contributed by atoms with Crippen molar-refractivity contribution in [2.75, 3.05) is 16.8 Å². The Labute approximate surface area is 160 Å². The molecule has 1 aliphatic heterocycles. The third-order valence-electron chi connectivity index (χ3n) is 5.83. The van der Waals surface area contributed by atoms with E-state index in [1.807, 2.05) is 47.4 Å². The number of fused-ring (bicyclic) bond motifs is 1. The van der Waals surface area contributed by atoms with Gasteiger partial charge in [0, 0.05) is 29.4 Å². The molecule has 1 heterocycles. The summed E-state index contributed by atoms with van der Waals surface area (Å²) in [6, 6.07) is 13.6. The van der Waals surface area contributed by atoms with Crippen molar-refractivity contribution in [3.63, 3.8) is 0 Å². The average Bonchev–Trinajstić information content (AvgIpc) is 3.37. The van der Waals surface area contributed by atoms with Gasteiger partial charge in [-0.2, -0.15) is 0 Å². The summed E-state index contributed by atoms with van der Waals surface area (Å²) in [5, 5.41) is 2.98. The van der Waals surface area contributed by atoms with Gasteiger partial charge in [-0.3, -0.25) is 9.59 Å². The summed E-state index contributed by atoms with van der Waals surface area (Å²) in [6.45, 7) is 2.85. The highest BCUT2D eigenvalue weighted by Crippen LogP contribution is 2.34. The maximum Gasteiger partial charge on any atom is 0.255 e. The Bertz CT molecular complexity index is 851. The van der Waals surface area contributed by atoms with Crippen molar-refractivity contribution >= 4 is 23.2 Å². The number of amides is 2. The minimum atomic E-state index is -0.102. The van der Waals surface area contributed by atoms with Crippen LogP contribution in [0.5, 0.6) is 0 Å². The molecule has 27 heavy (non-hydrogen) atoms. The Balaban J connectivity index is 1.46. The van der Waals surface area contributed by atoms with Crippen molar-refractivity contribution < 1.29 is 9.59 Å². The van der Waals surface area contributed by atoms with Crippen LogP contribution < -0.4 is 10.2 Å². The molecule has 4 rings (SSSR count). The maximum atomic E-state index is 12.8. The molecule has 140 valence electrons. The van der Waals surface area contributed by atoms with Gasteiger partial charge in [0.15, 0.2) is 0 Å². The molecule has 0 radical (unpaired) electrons. The summed E-state index contributed by atoms with van der Waals surface area (Å²) in [6.07, 6.45) is 6.19. The van der Waals surface area contributed by atoms with Gasteiger partial charge in [-0.25, -0.2) is 0 Å². The van der Waals surface area contributed by atoms with Gasteiger partial charge in [0.05, 0.1) is 0 Å². The Morgan fingerprint density at radius 1 is 1.07 bits per heavy atom. The SMILES string of the molecule is CCc1ccc(C(=O)Nc2ccc3c(c2)CCN3C(=O)C2CCCC2)cc1. The van der Waals surface area contributed by atoms with Gasteiger partial charge in [-0.15, -0.1) is 0 Å². The lowest BCUT2D eigenvalue weighted by molar-refractivity contribution is -0.122. The van der Waals surface area contributed by atoms with Crippen LogP contribution in [0.2, 0.25) is 0 Å². The molecule has 1 fully saturated rings. The lowest BCUT2D eigenvalue weighted by Crippen LogP contribution is -2.33. The molecule has 2 aliphatic rings. The third-order valence-corrected chi connectivity index (χ3v) is 5.83. The first-order valence-electron chi connectivity index (χ1n) is 10.0. The molecule has 0 bridgehead atoms. The molecule has 4 nitrogen and oxygen atoms in total. The molecule has 0 atom stereocenters. The molecule has 1 aliphatic carbocycles. The second kappa shape index (κ2) is 7.55. The molecule has 0 spiro atoms. The number of rotatable bonds is 4. The number of carbonyl (C=O) groups is 2. The number of hydrogen-bond acceptors (Lipinski definition) is 2. The zero-order valence-electron chi connectivity index (χ0n) is 15.8. The maximum absolute atomic E-state index is 12.8. The van der Waals surface area contributed by atoms with Crippen molar-refractivity contribution in [1.29, 1.82) is 0 Å². The van der Waals surface area contributed by atoms with E-state index in [9.17, 15) is 9.59 Å². The topological polar surface area (TPSA) is 49.4 Å².